The van der Waals surface area contributed by atoms with Gasteiger partial charge in [0.05, 0.1) is 12.6 Å². The zero-order valence-corrected chi connectivity index (χ0v) is 13.9. The van der Waals surface area contributed by atoms with Gasteiger partial charge < -0.3 is 14.6 Å². The molecule has 1 aliphatic rings. The quantitative estimate of drug-likeness (QED) is 0.366. The van der Waals surface area contributed by atoms with Crippen molar-refractivity contribution in [3.8, 4) is 0 Å². The fraction of sp³-hybridized carbons (Fsp3) is 0.500. The first kappa shape index (κ1) is 17.0. The van der Waals surface area contributed by atoms with Crippen molar-refractivity contribution in [2.45, 2.75) is 37.7 Å². The van der Waals surface area contributed by atoms with Crippen LogP contribution < -0.4 is 34.7 Å². The number of halogens is 1. The first-order valence-electron chi connectivity index (χ1n) is 6.22. The molecule has 1 atom stereocenters. The summed E-state index contributed by atoms with van der Waals surface area (Å²) in [7, 11) is 0. The molecule has 5 heteroatoms. The number of carbonyl (C=O) groups excluding carboxylic acids is 1. The van der Waals surface area contributed by atoms with Gasteiger partial charge in [0, 0.05) is 5.02 Å². The Kier molecular flexibility index (Phi) is 6.84. The zero-order chi connectivity index (χ0) is 13.0. The molecule has 98 valence electrons. The summed E-state index contributed by atoms with van der Waals surface area (Å²) in [4.78, 5) is 10.8. The molecule has 2 rings (SSSR count). The van der Waals surface area contributed by atoms with E-state index in [1.165, 1.54) is 5.56 Å². The number of hydrogen-bond acceptors (Lipinski definition) is 3. The molecule has 0 bridgehead atoms. The van der Waals surface area contributed by atoms with E-state index in [-0.39, 0.29) is 29.6 Å². The molecule has 19 heavy (non-hydrogen) atoms. The number of rotatable bonds is 7. The number of aliphatic carboxylic acids is 1. The first-order valence-corrected chi connectivity index (χ1v) is 6.60. The SMILES string of the molecule is O=C([O-])[C@@]1(CCCCCc2ccc(Cl)cc2)CO1.[Na+]. The van der Waals surface area contributed by atoms with Gasteiger partial charge in [-0.05, 0) is 37.0 Å². The smallest absolute Gasteiger partial charge is 0.547 e. The number of carboxylic acids is 1. The molecule has 0 aromatic heterocycles. The molecule has 0 aliphatic carbocycles. The molecule has 0 saturated carbocycles. The fourth-order valence-corrected chi connectivity index (χ4v) is 2.14. The molecule has 0 N–H and O–H groups in total. The van der Waals surface area contributed by atoms with E-state index in [0.29, 0.717) is 13.0 Å². The van der Waals surface area contributed by atoms with E-state index in [2.05, 4.69) is 0 Å². The van der Waals surface area contributed by atoms with Crippen LogP contribution in [0.15, 0.2) is 24.3 Å². The summed E-state index contributed by atoms with van der Waals surface area (Å²) in [5, 5.41) is 11.5. The molecule has 1 aliphatic heterocycles. The van der Waals surface area contributed by atoms with Crippen LogP contribution in [0, 0.1) is 0 Å². The van der Waals surface area contributed by atoms with Crippen molar-refractivity contribution in [2.24, 2.45) is 0 Å². The number of carboxylic acid groups (broad SMARTS) is 1. The molecule has 1 aromatic rings. The van der Waals surface area contributed by atoms with E-state index < -0.39 is 11.6 Å². The number of ether oxygens (including phenoxy) is 1. The Morgan fingerprint density at radius 3 is 2.42 bits per heavy atom. The molecule has 3 nitrogen and oxygen atoms in total. The maximum Gasteiger partial charge on any atom is 1.00 e. The van der Waals surface area contributed by atoms with Gasteiger partial charge in [-0.1, -0.05) is 36.6 Å². The van der Waals surface area contributed by atoms with Gasteiger partial charge in [0.2, 0.25) is 0 Å². The normalized spacial score (nSPS) is 20.7. The predicted molar refractivity (Wildman–Crippen MR) is 67.3 cm³/mol. The molecular formula is C14H16ClNaO3. The monoisotopic (exact) mass is 290 g/mol. The Balaban J connectivity index is 0.00000180. The van der Waals surface area contributed by atoms with Crippen molar-refractivity contribution in [3.05, 3.63) is 34.9 Å². The van der Waals surface area contributed by atoms with E-state index in [4.69, 9.17) is 16.3 Å². The van der Waals surface area contributed by atoms with Gasteiger partial charge in [-0.25, -0.2) is 0 Å². The molecule has 0 unspecified atom stereocenters. The summed E-state index contributed by atoms with van der Waals surface area (Å²) in [6.07, 6.45) is 4.47. The molecule has 1 fully saturated rings. The molecule has 1 saturated heterocycles. The Morgan fingerprint density at radius 1 is 1.26 bits per heavy atom. The van der Waals surface area contributed by atoms with Gasteiger partial charge in [-0.15, -0.1) is 0 Å². The third-order valence-electron chi connectivity index (χ3n) is 3.32. The van der Waals surface area contributed by atoms with Crippen LogP contribution >= 0.6 is 11.6 Å². The van der Waals surface area contributed by atoms with E-state index in [1.54, 1.807) is 0 Å². The van der Waals surface area contributed by atoms with Crippen LogP contribution in [-0.4, -0.2) is 18.2 Å². The Hall–Kier alpha value is -0.0600. The average Bonchev–Trinajstić information content (AvgIpc) is 3.12. The summed E-state index contributed by atoms with van der Waals surface area (Å²) in [6, 6.07) is 7.82. The van der Waals surface area contributed by atoms with Crippen molar-refractivity contribution in [3.63, 3.8) is 0 Å². The van der Waals surface area contributed by atoms with Crippen LogP contribution in [0.5, 0.6) is 0 Å². The number of aryl methyl sites for hydroxylation is 1. The largest absolute Gasteiger partial charge is 1.00 e. The van der Waals surface area contributed by atoms with E-state index in [0.717, 1.165) is 30.7 Å². The molecular weight excluding hydrogens is 275 g/mol. The summed E-state index contributed by atoms with van der Waals surface area (Å²) < 4.78 is 4.96. The first-order chi connectivity index (χ1) is 8.62. The van der Waals surface area contributed by atoms with Gasteiger partial charge >= 0.3 is 29.6 Å². The Bertz CT molecular complexity index is 415. The third-order valence-corrected chi connectivity index (χ3v) is 3.58. The van der Waals surface area contributed by atoms with Gasteiger partial charge in [0.15, 0.2) is 0 Å². The van der Waals surface area contributed by atoms with Crippen molar-refractivity contribution in [1.29, 1.82) is 0 Å². The van der Waals surface area contributed by atoms with Crippen molar-refractivity contribution >= 4 is 17.6 Å². The minimum absolute atomic E-state index is 0. The number of carbonyl (C=O) groups is 1. The standard InChI is InChI=1S/C14H17ClO3.Na/c15-12-7-5-11(6-8-12)4-2-1-3-9-14(10-18-14)13(16)17;/h5-8H,1-4,9-10H2,(H,16,17);/q;+1/p-1/t14-;/m1./s1. The molecule has 0 spiro atoms. The fourth-order valence-electron chi connectivity index (χ4n) is 2.02. The number of unbranched alkanes of at least 4 members (excludes halogenated alkanes) is 2. The van der Waals surface area contributed by atoms with Gasteiger partial charge in [0.1, 0.15) is 5.60 Å². The average molecular weight is 291 g/mol. The second kappa shape index (κ2) is 7.65. The minimum atomic E-state index is -1.07. The van der Waals surface area contributed by atoms with Gasteiger partial charge in [-0.3, -0.25) is 0 Å². The van der Waals surface area contributed by atoms with Crippen LogP contribution in [0.4, 0.5) is 0 Å². The van der Waals surface area contributed by atoms with E-state index >= 15 is 0 Å². The van der Waals surface area contributed by atoms with Crippen molar-refractivity contribution in [2.75, 3.05) is 6.61 Å². The predicted octanol–water partition coefficient (Wildman–Crippen LogP) is -1.03. The number of epoxide rings is 1. The maximum atomic E-state index is 10.8. The van der Waals surface area contributed by atoms with Crippen molar-refractivity contribution in [1.82, 2.24) is 0 Å². The topological polar surface area (TPSA) is 52.7 Å². The van der Waals surface area contributed by atoms with Crippen LogP contribution in [-0.2, 0) is 16.0 Å². The van der Waals surface area contributed by atoms with E-state index in [9.17, 15) is 9.90 Å². The summed E-state index contributed by atoms with van der Waals surface area (Å²) >= 11 is 5.81. The maximum absolute atomic E-state index is 10.8. The Morgan fingerprint density at radius 2 is 1.89 bits per heavy atom. The molecule has 1 heterocycles. The summed E-state index contributed by atoms with van der Waals surface area (Å²) in [6.45, 7) is 0.312. The van der Waals surface area contributed by atoms with Crippen LogP contribution in [0.2, 0.25) is 5.02 Å². The summed E-state index contributed by atoms with van der Waals surface area (Å²) in [5.74, 6) is -1.07. The molecule has 1 aromatic carbocycles. The van der Waals surface area contributed by atoms with Crippen LogP contribution in [0.1, 0.15) is 31.2 Å². The van der Waals surface area contributed by atoms with Gasteiger partial charge in [-0.2, -0.15) is 0 Å². The zero-order valence-electron chi connectivity index (χ0n) is 11.2. The van der Waals surface area contributed by atoms with Crippen LogP contribution in [0.3, 0.4) is 0 Å². The Labute approximate surface area is 140 Å². The summed E-state index contributed by atoms with van der Waals surface area (Å²) in [5.41, 5.74) is 0.303. The number of benzene rings is 1. The molecule has 0 radical (unpaired) electrons. The van der Waals surface area contributed by atoms with Gasteiger partial charge in [0.25, 0.3) is 0 Å². The number of hydrogen-bond donors (Lipinski definition) is 0. The second-order valence-electron chi connectivity index (χ2n) is 4.76. The second-order valence-corrected chi connectivity index (χ2v) is 5.19. The third kappa shape index (κ3) is 5.09. The van der Waals surface area contributed by atoms with Crippen LogP contribution in [0.25, 0.3) is 0 Å². The molecule has 0 amide bonds. The van der Waals surface area contributed by atoms with Crippen molar-refractivity contribution < 1.29 is 44.2 Å². The minimum Gasteiger partial charge on any atom is -0.547 e. The van der Waals surface area contributed by atoms with E-state index in [1.807, 2.05) is 24.3 Å².